The number of nitrogens with zero attached hydrogens (tertiary/aromatic N) is 1. The average molecular weight is 361 g/mol. The van der Waals surface area contributed by atoms with E-state index in [1.807, 2.05) is 13.8 Å². The third-order valence-corrected chi connectivity index (χ3v) is 4.38. The van der Waals surface area contributed by atoms with Gasteiger partial charge in [-0.05, 0) is 30.9 Å². The van der Waals surface area contributed by atoms with Gasteiger partial charge in [0.25, 0.3) is 0 Å². The van der Waals surface area contributed by atoms with Gasteiger partial charge < -0.3 is 10.6 Å². The van der Waals surface area contributed by atoms with Crippen LogP contribution in [-0.2, 0) is 4.79 Å². The molecule has 1 aromatic rings. The van der Waals surface area contributed by atoms with Crippen LogP contribution in [0.25, 0.3) is 0 Å². The number of halogens is 3. The van der Waals surface area contributed by atoms with Gasteiger partial charge in [0.15, 0.2) is 5.78 Å². The molecule has 24 heavy (non-hydrogen) atoms. The molecule has 1 atom stereocenters. The summed E-state index contributed by atoms with van der Waals surface area (Å²) < 4.78 is 26.6. The first kappa shape index (κ1) is 20.5. The topological polar surface area (TPSA) is 63.4 Å². The molecule has 1 amide bonds. The van der Waals surface area contributed by atoms with Crippen LogP contribution in [0.5, 0.6) is 0 Å². The maximum atomic E-state index is 13.7. The molecule has 0 aliphatic carbocycles. The Balaban J connectivity index is 0.00000288. The highest BCUT2D eigenvalue weighted by molar-refractivity contribution is 5.98. The molecule has 1 aliphatic rings. The number of benzene rings is 1. The number of hydrogen-bond donors (Lipinski definition) is 1. The Hall–Kier alpha value is -1.53. The third-order valence-electron chi connectivity index (χ3n) is 4.38. The van der Waals surface area contributed by atoms with Crippen LogP contribution in [0.3, 0.4) is 0 Å². The fourth-order valence-electron chi connectivity index (χ4n) is 2.77. The van der Waals surface area contributed by atoms with E-state index in [-0.39, 0.29) is 41.5 Å². The lowest BCUT2D eigenvalue weighted by molar-refractivity contribution is -0.134. The highest BCUT2D eigenvalue weighted by Crippen LogP contribution is 2.24. The number of Topliss-reactive ketones (excluding diaryl/α,β-unsaturated/α-hetero) is 1. The number of carbonyl (C=O) groups excluding carboxylic acids is 2. The van der Waals surface area contributed by atoms with Crippen molar-refractivity contribution in [1.82, 2.24) is 4.90 Å². The minimum atomic E-state index is -0.838. The molecule has 0 radical (unpaired) electrons. The van der Waals surface area contributed by atoms with E-state index in [4.69, 9.17) is 5.73 Å². The molecule has 0 aromatic heterocycles. The molecule has 0 bridgehead atoms. The molecule has 1 fully saturated rings. The van der Waals surface area contributed by atoms with E-state index in [2.05, 4.69) is 0 Å². The molecule has 2 rings (SSSR count). The molecule has 1 heterocycles. The lowest BCUT2D eigenvalue weighted by Gasteiger charge is -2.33. The van der Waals surface area contributed by atoms with Gasteiger partial charge in [-0.3, -0.25) is 9.59 Å². The summed E-state index contributed by atoms with van der Waals surface area (Å²) in [5.74, 6) is -2.29. The van der Waals surface area contributed by atoms with Crippen LogP contribution in [0.1, 0.15) is 37.0 Å². The summed E-state index contributed by atoms with van der Waals surface area (Å²) in [4.78, 5) is 26.2. The maximum Gasteiger partial charge on any atom is 0.239 e. The number of carbonyl (C=O) groups is 2. The van der Waals surface area contributed by atoms with Crippen molar-refractivity contribution in [3.05, 3.63) is 35.4 Å². The van der Waals surface area contributed by atoms with Crippen LogP contribution in [-0.4, -0.2) is 35.7 Å². The van der Waals surface area contributed by atoms with Gasteiger partial charge in [0, 0.05) is 25.1 Å². The van der Waals surface area contributed by atoms with E-state index in [0.29, 0.717) is 32.0 Å². The second kappa shape index (κ2) is 8.53. The van der Waals surface area contributed by atoms with Gasteiger partial charge >= 0.3 is 0 Å². The first-order valence-electron chi connectivity index (χ1n) is 7.85. The predicted octanol–water partition coefficient (Wildman–Crippen LogP) is 2.79. The van der Waals surface area contributed by atoms with Gasteiger partial charge in [0.2, 0.25) is 5.91 Å². The van der Waals surface area contributed by atoms with Crippen molar-refractivity contribution in [3.8, 4) is 0 Å². The highest BCUT2D eigenvalue weighted by atomic mass is 35.5. The Bertz CT molecular complexity index is 602. The van der Waals surface area contributed by atoms with Gasteiger partial charge in [0.05, 0.1) is 11.6 Å². The van der Waals surface area contributed by atoms with Gasteiger partial charge in [-0.2, -0.15) is 0 Å². The maximum absolute atomic E-state index is 13.7. The smallest absolute Gasteiger partial charge is 0.239 e. The number of amides is 1. The van der Waals surface area contributed by atoms with Crippen molar-refractivity contribution in [2.24, 2.45) is 17.6 Å². The van der Waals surface area contributed by atoms with E-state index in [1.165, 1.54) is 6.07 Å². The summed E-state index contributed by atoms with van der Waals surface area (Å²) >= 11 is 0. The van der Waals surface area contributed by atoms with E-state index in [9.17, 15) is 18.4 Å². The van der Waals surface area contributed by atoms with Crippen LogP contribution in [0.15, 0.2) is 18.2 Å². The molecule has 7 heteroatoms. The molecule has 4 nitrogen and oxygen atoms in total. The zero-order valence-corrected chi connectivity index (χ0v) is 14.6. The van der Waals surface area contributed by atoms with Crippen LogP contribution in [0.4, 0.5) is 8.78 Å². The first-order chi connectivity index (χ1) is 10.8. The van der Waals surface area contributed by atoms with E-state index >= 15 is 0 Å². The molecule has 2 N–H and O–H groups in total. The van der Waals surface area contributed by atoms with Crippen molar-refractivity contribution in [3.63, 3.8) is 0 Å². The molecule has 0 saturated carbocycles. The predicted molar refractivity (Wildman–Crippen MR) is 90.1 cm³/mol. The minimum Gasteiger partial charge on any atom is -0.341 e. The van der Waals surface area contributed by atoms with Crippen molar-refractivity contribution in [2.45, 2.75) is 32.7 Å². The van der Waals surface area contributed by atoms with Crippen molar-refractivity contribution in [1.29, 1.82) is 0 Å². The van der Waals surface area contributed by atoms with Gasteiger partial charge in [-0.1, -0.05) is 13.8 Å². The Kier molecular flexibility index (Phi) is 7.29. The van der Waals surface area contributed by atoms with Crippen LogP contribution >= 0.6 is 12.4 Å². The van der Waals surface area contributed by atoms with Crippen LogP contribution < -0.4 is 5.73 Å². The summed E-state index contributed by atoms with van der Waals surface area (Å²) in [5, 5.41) is 0. The number of nitrogens with two attached hydrogens (primary N) is 1. The third kappa shape index (κ3) is 4.51. The fourth-order valence-corrected chi connectivity index (χ4v) is 2.77. The molecule has 1 saturated heterocycles. The summed E-state index contributed by atoms with van der Waals surface area (Å²) in [7, 11) is 0. The largest absolute Gasteiger partial charge is 0.341 e. The van der Waals surface area contributed by atoms with Crippen molar-refractivity contribution >= 4 is 24.1 Å². The zero-order chi connectivity index (χ0) is 17.1. The zero-order valence-electron chi connectivity index (χ0n) is 13.8. The van der Waals surface area contributed by atoms with Gasteiger partial charge in [-0.15, -0.1) is 12.4 Å². The fraction of sp³-hybridized carbons (Fsp3) is 0.529. The highest BCUT2D eigenvalue weighted by Gasteiger charge is 2.31. The second-order valence-electron chi connectivity index (χ2n) is 6.36. The lowest BCUT2D eigenvalue weighted by atomic mass is 9.88. The van der Waals surface area contributed by atoms with Crippen molar-refractivity contribution < 1.29 is 18.4 Å². The summed E-state index contributed by atoms with van der Waals surface area (Å²) in [5.41, 5.74) is 5.78. The minimum absolute atomic E-state index is 0. The molecule has 0 spiro atoms. The number of ketones is 1. The quantitative estimate of drug-likeness (QED) is 0.840. The monoisotopic (exact) mass is 360 g/mol. The van der Waals surface area contributed by atoms with E-state index in [1.54, 1.807) is 4.90 Å². The number of likely N-dealkylation sites (tertiary alicyclic amines) is 1. The van der Waals surface area contributed by atoms with Crippen molar-refractivity contribution in [2.75, 3.05) is 13.1 Å². The Morgan fingerprint density at radius 2 is 1.79 bits per heavy atom. The molecule has 1 aromatic carbocycles. The Morgan fingerprint density at radius 3 is 2.29 bits per heavy atom. The molecule has 134 valence electrons. The van der Waals surface area contributed by atoms with E-state index in [0.717, 1.165) is 6.07 Å². The van der Waals surface area contributed by atoms with Crippen LogP contribution in [0, 0.1) is 23.5 Å². The SMILES string of the molecule is CC(C)[C@@H](N)C(=O)N1CCC(C(=O)c2ccc(F)cc2F)CC1.Cl. The second-order valence-corrected chi connectivity index (χ2v) is 6.36. The standard InChI is InChI=1S/C17H22F2N2O2.ClH/c1-10(2)15(20)17(23)21-7-5-11(6-8-21)16(22)13-4-3-12(18)9-14(13)19;/h3-4,9-11,15H,5-8,20H2,1-2H3;1H/t15-;/m1./s1. The number of rotatable bonds is 4. The number of piperidine rings is 1. The summed E-state index contributed by atoms with van der Waals surface area (Å²) in [6, 6.07) is 2.43. The Labute approximate surface area is 146 Å². The average Bonchev–Trinajstić information content (AvgIpc) is 2.53. The van der Waals surface area contributed by atoms with Gasteiger partial charge in [-0.25, -0.2) is 8.78 Å². The molecular formula is C17H23ClF2N2O2. The number of hydrogen-bond acceptors (Lipinski definition) is 3. The van der Waals surface area contributed by atoms with E-state index < -0.39 is 17.7 Å². The molecule has 1 aliphatic heterocycles. The lowest BCUT2D eigenvalue weighted by Crippen LogP contribution is -2.49. The summed E-state index contributed by atoms with van der Waals surface area (Å²) in [6.45, 7) is 4.63. The van der Waals surface area contributed by atoms with Crippen LogP contribution in [0.2, 0.25) is 0 Å². The molecule has 0 unspecified atom stereocenters. The normalized spacial score (nSPS) is 16.7. The first-order valence-corrected chi connectivity index (χ1v) is 7.85. The molecular weight excluding hydrogens is 338 g/mol. The summed E-state index contributed by atoms with van der Waals surface area (Å²) in [6.07, 6.45) is 0.929. The van der Waals surface area contributed by atoms with Gasteiger partial charge in [0.1, 0.15) is 11.6 Å². The Morgan fingerprint density at radius 1 is 1.21 bits per heavy atom.